The zero-order valence-electron chi connectivity index (χ0n) is 15.1. The average molecular weight is 381 g/mol. The number of halogens is 1. The second kappa shape index (κ2) is 10.1. The van der Waals surface area contributed by atoms with Gasteiger partial charge < -0.3 is 24.5 Å². The highest BCUT2D eigenvalue weighted by atomic mass is 35.5. The molecule has 6 heteroatoms. The Balaban J connectivity index is 1.39. The third-order valence-corrected chi connectivity index (χ3v) is 5.36. The molecule has 0 unspecified atom stereocenters. The van der Waals surface area contributed by atoms with E-state index in [0.29, 0.717) is 30.8 Å². The molecule has 3 rings (SSSR count). The van der Waals surface area contributed by atoms with Crippen LogP contribution in [0.5, 0.6) is 0 Å². The lowest BCUT2D eigenvalue weighted by molar-refractivity contribution is -0.935. The summed E-state index contributed by atoms with van der Waals surface area (Å²) in [5.41, 5.74) is 0.945. The second-order valence-corrected chi connectivity index (χ2v) is 7.36. The third kappa shape index (κ3) is 5.56. The Bertz CT molecular complexity index is 644. The lowest BCUT2D eigenvalue weighted by Gasteiger charge is -2.22. The summed E-state index contributed by atoms with van der Waals surface area (Å²) in [5.74, 6) is 1.04. The van der Waals surface area contributed by atoms with Crippen molar-refractivity contribution in [2.75, 3.05) is 32.8 Å². The first-order valence-corrected chi connectivity index (χ1v) is 9.80. The van der Waals surface area contributed by atoms with Crippen LogP contribution >= 0.6 is 11.6 Å². The predicted octanol–water partition coefficient (Wildman–Crippen LogP) is 0.794. The fourth-order valence-corrected chi connectivity index (χ4v) is 3.79. The van der Waals surface area contributed by atoms with Gasteiger partial charge in [0.1, 0.15) is 19.2 Å². The zero-order chi connectivity index (χ0) is 18.2. The number of nitrogens with one attached hydrogen (secondary N) is 1. The minimum atomic E-state index is -0.497. The number of nitrogens with two attached hydrogens (primary N) is 1. The summed E-state index contributed by atoms with van der Waals surface area (Å²) in [6.07, 6.45) is 3.81. The molecule has 0 aliphatic carbocycles. The number of benzene rings is 1. The van der Waals surface area contributed by atoms with E-state index in [0.717, 1.165) is 17.9 Å². The van der Waals surface area contributed by atoms with Gasteiger partial charge in [-0.1, -0.05) is 29.8 Å². The van der Waals surface area contributed by atoms with Crippen LogP contribution in [0.25, 0.3) is 0 Å². The minimum absolute atomic E-state index is 0.309. The van der Waals surface area contributed by atoms with E-state index < -0.39 is 6.10 Å². The lowest BCUT2D eigenvalue weighted by Crippen LogP contribution is -3.13. The number of rotatable bonds is 10. The standard InChI is InChI=1S/C20H27ClN2O3/c21-18-7-2-1-6-16(18)14-25-15-17(24)12-22-13-19(20-8-5-11-26-20)23-9-3-4-10-23/h1-2,5-8,11,17,19,22,24H,3-4,9-10,12-15H2/p+2/t17-,19-/m0/s1. The molecular weight excluding hydrogens is 352 g/mol. The van der Waals surface area contributed by atoms with Gasteiger partial charge in [0.15, 0.2) is 11.8 Å². The predicted molar refractivity (Wildman–Crippen MR) is 100 cm³/mol. The molecule has 5 nitrogen and oxygen atoms in total. The van der Waals surface area contributed by atoms with Crippen LogP contribution in [-0.4, -0.2) is 44.0 Å². The minimum Gasteiger partial charge on any atom is -0.463 e. The van der Waals surface area contributed by atoms with Crippen molar-refractivity contribution in [1.82, 2.24) is 0 Å². The highest BCUT2D eigenvalue weighted by Gasteiger charge is 2.30. The molecule has 0 spiro atoms. The van der Waals surface area contributed by atoms with Crippen molar-refractivity contribution >= 4 is 11.6 Å². The number of aliphatic hydroxyl groups excluding tert-OH is 1. The summed E-state index contributed by atoms with van der Waals surface area (Å²) in [7, 11) is 0. The molecular formula is C20H29ClN2O3+2. The van der Waals surface area contributed by atoms with E-state index in [-0.39, 0.29) is 0 Å². The van der Waals surface area contributed by atoms with Crippen molar-refractivity contribution in [1.29, 1.82) is 0 Å². The summed E-state index contributed by atoms with van der Waals surface area (Å²) >= 11 is 6.11. The molecule has 1 aromatic heterocycles. The van der Waals surface area contributed by atoms with E-state index >= 15 is 0 Å². The largest absolute Gasteiger partial charge is 0.463 e. The number of ether oxygens (including phenoxy) is 1. The fraction of sp³-hybridized carbons (Fsp3) is 0.500. The summed E-state index contributed by atoms with van der Waals surface area (Å²) in [5, 5.41) is 13.1. The van der Waals surface area contributed by atoms with Gasteiger partial charge in [0.05, 0.1) is 32.6 Å². The van der Waals surface area contributed by atoms with Crippen LogP contribution < -0.4 is 10.2 Å². The van der Waals surface area contributed by atoms with E-state index in [9.17, 15) is 5.11 Å². The SMILES string of the molecule is O[C@@H](C[NH2+]C[C@@H](c1ccco1)[NH+]1CCCC1)COCc1ccccc1Cl. The Labute approximate surface area is 159 Å². The summed E-state index contributed by atoms with van der Waals surface area (Å²) < 4.78 is 11.3. The van der Waals surface area contributed by atoms with Crippen molar-refractivity contribution in [3.63, 3.8) is 0 Å². The van der Waals surface area contributed by atoms with E-state index in [4.69, 9.17) is 20.8 Å². The van der Waals surface area contributed by atoms with Crippen molar-refractivity contribution in [2.24, 2.45) is 0 Å². The van der Waals surface area contributed by atoms with Crippen LogP contribution in [0.1, 0.15) is 30.2 Å². The molecule has 142 valence electrons. The van der Waals surface area contributed by atoms with Crippen LogP contribution in [-0.2, 0) is 11.3 Å². The van der Waals surface area contributed by atoms with E-state index in [1.165, 1.54) is 25.9 Å². The molecule has 0 amide bonds. The maximum absolute atomic E-state index is 10.2. The average Bonchev–Trinajstić information content (AvgIpc) is 3.34. The highest BCUT2D eigenvalue weighted by Crippen LogP contribution is 2.15. The maximum atomic E-state index is 10.2. The molecule has 26 heavy (non-hydrogen) atoms. The summed E-state index contributed by atoms with van der Waals surface area (Å²) in [4.78, 5) is 1.58. The normalized spacial score (nSPS) is 17.5. The molecule has 0 bridgehead atoms. The molecule has 2 aromatic rings. The van der Waals surface area contributed by atoms with Crippen molar-refractivity contribution < 1.29 is 24.5 Å². The van der Waals surface area contributed by atoms with E-state index in [1.54, 1.807) is 11.2 Å². The van der Waals surface area contributed by atoms with Gasteiger partial charge in [0, 0.05) is 17.9 Å². The quantitative estimate of drug-likeness (QED) is 0.571. The second-order valence-electron chi connectivity index (χ2n) is 6.95. The molecule has 1 saturated heterocycles. The number of quaternary nitrogens is 2. The van der Waals surface area contributed by atoms with Gasteiger partial charge in [0.25, 0.3) is 0 Å². The van der Waals surface area contributed by atoms with Gasteiger partial charge in [-0.05, 0) is 23.8 Å². The number of likely N-dealkylation sites (tertiary alicyclic amines) is 1. The maximum Gasteiger partial charge on any atom is 0.195 e. The Morgan fingerprint density at radius 3 is 2.69 bits per heavy atom. The number of hydrogen-bond donors (Lipinski definition) is 3. The first-order valence-electron chi connectivity index (χ1n) is 9.43. The van der Waals surface area contributed by atoms with Crippen molar-refractivity contribution in [2.45, 2.75) is 31.6 Å². The van der Waals surface area contributed by atoms with Gasteiger partial charge in [0.2, 0.25) is 0 Å². The molecule has 2 heterocycles. The Kier molecular flexibility index (Phi) is 7.53. The molecule has 2 atom stereocenters. The Hall–Kier alpha value is -1.37. The van der Waals surface area contributed by atoms with Gasteiger partial charge >= 0.3 is 0 Å². The molecule has 1 aliphatic rings. The molecule has 1 fully saturated rings. The third-order valence-electron chi connectivity index (χ3n) is 4.99. The monoisotopic (exact) mass is 380 g/mol. The number of furan rings is 1. The van der Waals surface area contributed by atoms with Gasteiger partial charge in [-0.15, -0.1) is 0 Å². The smallest absolute Gasteiger partial charge is 0.195 e. The van der Waals surface area contributed by atoms with Gasteiger partial charge in [-0.3, -0.25) is 0 Å². The van der Waals surface area contributed by atoms with Crippen LogP contribution in [0.4, 0.5) is 0 Å². The highest BCUT2D eigenvalue weighted by molar-refractivity contribution is 6.31. The molecule has 1 aliphatic heterocycles. The van der Waals surface area contributed by atoms with Crippen LogP contribution in [0, 0.1) is 0 Å². The zero-order valence-corrected chi connectivity index (χ0v) is 15.8. The van der Waals surface area contributed by atoms with E-state index in [2.05, 4.69) is 11.4 Å². The summed E-state index contributed by atoms with van der Waals surface area (Å²) in [6, 6.07) is 12.0. The Morgan fingerprint density at radius 1 is 1.15 bits per heavy atom. The molecule has 0 saturated carbocycles. The fourth-order valence-electron chi connectivity index (χ4n) is 3.59. The lowest BCUT2D eigenvalue weighted by atomic mass is 10.2. The topological polar surface area (TPSA) is 63.7 Å². The first-order chi connectivity index (χ1) is 12.7. The molecule has 4 N–H and O–H groups in total. The van der Waals surface area contributed by atoms with Crippen LogP contribution in [0.2, 0.25) is 5.02 Å². The van der Waals surface area contributed by atoms with Gasteiger partial charge in [-0.2, -0.15) is 0 Å². The Morgan fingerprint density at radius 2 is 1.96 bits per heavy atom. The number of aliphatic hydroxyl groups is 1. The molecule has 1 aromatic carbocycles. The van der Waals surface area contributed by atoms with Crippen LogP contribution in [0.15, 0.2) is 47.1 Å². The van der Waals surface area contributed by atoms with Crippen LogP contribution in [0.3, 0.4) is 0 Å². The molecule has 0 radical (unpaired) electrons. The summed E-state index contributed by atoms with van der Waals surface area (Å²) in [6.45, 7) is 4.65. The van der Waals surface area contributed by atoms with Crippen molar-refractivity contribution in [3.8, 4) is 0 Å². The van der Waals surface area contributed by atoms with E-state index in [1.807, 2.05) is 30.3 Å². The van der Waals surface area contributed by atoms with Gasteiger partial charge in [-0.25, -0.2) is 0 Å². The first kappa shape index (κ1) is 19.4. The van der Waals surface area contributed by atoms with Crippen molar-refractivity contribution in [3.05, 3.63) is 59.0 Å². The number of hydrogen-bond acceptors (Lipinski definition) is 3.